The molecule has 4 nitrogen and oxygen atoms in total. The second-order valence-corrected chi connectivity index (χ2v) is 5.66. The van der Waals surface area contributed by atoms with Gasteiger partial charge in [0.2, 0.25) is 11.7 Å². The maximum Gasteiger partial charge on any atom is 0.228 e. The number of likely N-dealkylation sites (N-methyl/N-ethyl adjacent to an activating group) is 1. The standard InChI is InChI=1S/C13H17N3OS/c1-8-6-18-7-10(8)13-15-12(17-16-13)5-11(14-2)9-3-4-9/h6-7,9,11,14H,3-5H2,1-2H3. The summed E-state index contributed by atoms with van der Waals surface area (Å²) < 4.78 is 5.36. The number of nitrogens with one attached hydrogen (secondary N) is 1. The fraction of sp³-hybridized carbons (Fsp3) is 0.538. The topological polar surface area (TPSA) is 51.0 Å². The molecule has 1 aliphatic rings. The summed E-state index contributed by atoms with van der Waals surface area (Å²) in [7, 11) is 2.00. The van der Waals surface area contributed by atoms with Crippen molar-refractivity contribution in [3.63, 3.8) is 0 Å². The zero-order valence-corrected chi connectivity index (χ0v) is 11.5. The Balaban J connectivity index is 1.75. The Bertz CT molecular complexity index is 530. The van der Waals surface area contributed by atoms with Gasteiger partial charge < -0.3 is 9.84 Å². The number of aromatic nitrogens is 2. The molecule has 1 aliphatic carbocycles. The summed E-state index contributed by atoms with van der Waals surface area (Å²) in [4.78, 5) is 4.50. The van der Waals surface area contributed by atoms with E-state index in [9.17, 15) is 0 Å². The second-order valence-electron chi connectivity index (χ2n) is 4.92. The van der Waals surface area contributed by atoms with Crippen LogP contribution in [0.3, 0.4) is 0 Å². The van der Waals surface area contributed by atoms with Crippen LogP contribution >= 0.6 is 11.3 Å². The number of nitrogens with zero attached hydrogens (tertiary/aromatic N) is 2. The van der Waals surface area contributed by atoms with E-state index in [-0.39, 0.29) is 0 Å². The minimum absolute atomic E-state index is 0.474. The van der Waals surface area contributed by atoms with Crippen molar-refractivity contribution in [3.05, 3.63) is 22.2 Å². The molecule has 3 rings (SSSR count). The molecule has 1 atom stereocenters. The van der Waals surface area contributed by atoms with Crippen LogP contribution in [-0.4, -0.2) is 23.2 Å². The van der Waals surface area contributed by atoms with Crippen molar-refractivity contribution in [1.29, 1.82) is 0 Å². The van der Waals surface area contributed by atoms with Crippen LogP contribution in [0.15, 0.2) is 15.3 Å². The predicted octanol–water partition coefficient (Wildman–Crippen LogP) is 2.65. The highest BCUT2D eigenvalue weighted by atomic mass is 32.1. The maximum atomic E-state index is 5.36. The van der Waals surface area contributed by atoms with Crippen LogP contribution in [0.1, 0.15) is 24.3 Å². The first-order valence-corrected chi connectivity index (χ1v) is 7.25. The molecule has 5 heteroatoms. The molecule has 96 valence electrons. The molecule has 2 aromatic rings. The molecule has 0 aliphatic heterocycles. The van der Waals surface area contributed by atoms with Crippen molar-refractivity contribution in [2.24, 2.45) is 5.92 Å². The van der Waals surface area contributed by atoms with Gasteiger partial charge >= 0.3 is 0 Å². The number of rotatable bonds is 5. The van der Waals surface area contributed by atoms with E-state index in [1.807, 2.05) is 7.05 Å². The van der Waals surface area contributed by atoms with E-state index in [1.54, 1.807) is 11.3 Å². The Morgan fingerprint density at radius 1 is 1.50 bits per heavy atom. The summed E-state index contributed by atoms with van der Waals surface area (Å²) in [5.74, 6) is 2.24. The molecule has 1 fully saturated rings. The van der Waals surface area contributed by atoms with Crippen molar-refractivity contribution in [2.75, 3.05) is 7.05 Å². The van der Waals surface area contributed by atoms with E-state index < -0.39 is 0 Å². The van der Waals surface area contributed by atoms with Gasteiger partial charge in [0.1, 0.15) is 0 Å². The van der Waals surface area contributed by atoms with Crippen molar-refractivity contribution < 1.29 is 4.52 Å². The quantitative estimate of drug-likeness (QED) is 0.901. The lowest BCUT2D eigenvalue weighted by Crippen LogP contribution is -2.29. The third-order valence-electron chi connectivity index (χ3n) is 3.52. The molecule has 1 N–H and O–H groups in total. The van der Waals surface area contributed by atoms with E-state index in [0.29, 0.717) is 6.04 Å². The largest absolute Gasteiger partial charge is 0.339 e. The summed E-state index contributed by atoms with van der Waals surface area (Å²) >= 11 is 1.67. The highest BCUT2D eigenvalue weighted by Crippen LogP contribution is 2.34. The minimum Gasteiger partial charge on any atom is -0.339 e. The lowest BCUT2D eigenvalue weighted by atomic mass is 10.1. The summed E-state index contributed by atoms with van der Waals surface area (Å²) in [6.07, 6.45) is 3.46. The predicted molar refractivity (Wildman–Crippen MR) is 71.6 cm³/mol. The van der Waals surface area contributed by atoms with Crippen molar-refractivity contribution in [3.8, 4) is 11.4 Å². The molecule has 0 bridgehead atoms. The van der Waals surface area contributed by atoms with Gasteiger partial charge in [0.25, 0.3) is 0 Å². The molecule has 0 radical (unpaired) electrons. The van der Waals surface area contributed by atoms with E-state index >= 15 is 0 Å². The first-order chi connectivity index (χ1) is 8.78. The number of thiophene rings is 1. The third-order valence-corrected chi connectivity index (χ3v) is 4.38. The second kappa shape index (κ2) is 4.82. The molecule has 0 spiro atoms. The lowest BCUT2D eigenvalue weighted by Gasteiger charge is -2.11. The van der Waals surface area contributed by atoms with Gasteiger partial charge in [-0.25, -0.2) is 0 Å². The Morgan fingerprint density at radius 3 is 2.94 bits per heavy atom. The molecule has 0 amide bonds. The highest BCUT2D eigenvalue weighted by Gasteiger charge is 2.31. The number of hydrogen-bond acceptors (Lipinski definition) is 5. The highest BCUT2D eigenvalue weighted by molar-refractivity contribution is 7.08. The molecular weight excluding hydrogens is 246 g/mol. The normalized spacial score (nSPS) is 17.0. The monoisotopic (exact) mass is 263 g/mol. The lowest BCUT2D eigenvalue weighted by molar-refractivity contribution is 0.352. The Morgan fingerprint density at radius 2 is 2.33 bits per heavy atom. The molecule has 1 unspecified atom stereocenters. The zero-order chi connectivity index (χ0) is 12.5. The molecular formula is C13H17N3OS. The van der Waals surface area contributed by atoms with Crippen LogP contribution in [0.4, 0.5) is 0 Å². The van der Waals surface area contributed by atoms with Gasteiger partial charge in [-0.3, -0.25) is 0 Å². The van der Waals surface area contributed by atoms with Crippen LogP contribution in [-0.2, 0) is 6.42 Å². The minimum atomic E-state index is 0.474. The molecule has 0 saturated heterocycles. The van der Waals surface area contributed by atoms with Crippen LogP contribution < -0.4 is 5.32 Å². The van der Waals surface area contributed by atoms with Crippen molar-refractivity contribution in [1.82, 2.24) is 15.5 Å². The van der Waals surface area contributed by atoms with Crippen LogP contribution in [0.5, 0.6) is 0 Å². The van der Waals surface area contributed by atoms with Gasteiger partial charge in [0.05, 0.1) is 0 Å². The Labute approximate surface area is 110 Å². The van der Waals surface area contributed by atoms with Gasteiger partial charge in [-0.1, -0.05) is 5.16 Å². The van der Waals surface area contributed by atoms with Gasteiger partial charge in [-0.15, -0.1) is 0 Å². The Kier molecular flexibility index (Phi) is 3.18. The Hall–Kier alpha value is -1.20. The van der Waals surface area contributed by atoms with E-state index in [0.717, 1.165) is 29.6 Å². The summed E-state index contributed by atoms with van der Waals surface area (Å²) in [6.45, 7) is 2.07. The molecule has 18 heavy (non-hydrogen) atoms. The van der Waals surface area contributed by atoms with Gasteiger partial charge in [0.15, 0.2) is 0 Å². The zero-order valence-electron chi connectivity index (χ0n) is 10.6. The summed E-state index contributed by atoms with van der Waals surface area (Å²) in [5, 5.41) is 11.6. The third kappa shape index (κ3) is 2.33. The smallest absolute Gasteiger partial charge is 0.228 e. The fourth-order valence-corrected chi connectivity index (χ4v) is 3.05. The van der Waals surface area contributed by atoms with Crippen LogP contribution in [0.25, 0.3) is 11.4 Å². The SMILES string of the molecule is CNC(Cc1nc(-c2cscc2C)no1)C1CC1. The molecule has 2 heterocycles. The van der Waals surface area contributed by atoms with Crippen LogP contribution in [0.2, 0.25) is 0 Å². The summed E-state index contributed by atoms with van der Waals surface area (Å²) in [6, 6.07) is 0.474. The fourth-order valence-electron chi connectivity index (χ4n) is 2.23. The van der Waals surface area contributed by atoms with E-state index in [1.165, 1.54) is 18.4 Å². The first kappa shape index (κ1) is 11.9. The summed E-state index contributed by atoms with van der Waals surface area (Å²) in [5.41, 5.74) is 2.29. The molecule has 1 saturated carbocycles. The number of hydrogen-bond donors (Lipinski definition) is 1. The average molecular weight is 263 g/mol. The average Bonchev–Trinajstić information content (AvgIpc) is 2.96. The molecule has 2 aromatic heterocycles. The number of aryl methyl sites for hydroxylation is 1. The van der Waals surface area contributed by atoms with Gasteiger partial charge in [-0.2, -0.15) is 16.3 Å². The van der Waals surface area contributed by atoms with E-state index in [4.69, 9.17) is 4.52 Å². The van der Waals surface area contributed by atoms with Crippen LogP contribution in [0, 0.1) is 12.8 Å². The van der Waals surface area contributed by atoms with Crippen molar-refractivity contribution >= 4 is 11.3 Å². The van der Waals surface area contributed by atoms with Gasteiger partial charge in [-0.05, 0) is 43.7 Å². The van der Waals surface area contributed by atoms with Crippen molar-refractivity contribution in [2.45, 2.75) is 32.2 Å². The van der Waals surface area contributed by atoms with E-state index in [2.05, 4.69) is 33.1 Å². The van der Waals surface area contributed by atoms with Gasteiger partial charge in [0, 0.05) is 23.4 Å². The first-order valence-electron chi connectivity index (χ1n) is 6.31. The maximum absolute atomic E-state index is 5.36. The molecule has 0 aromatic carbocycles.